The van der Waals surface area contributed by atoms with Crippen LogP contribution >= 0.6 is 11.6 Å². The maximum atomic E-state index is 9.17. The number of hydrogen-bond donors (Lipinski definition) is 1. The van der Waals surface area contributed by atoms with Gasteiger partial charge in [0.15, 0.2) is 0 Å². The lowest BCUT2D eigenvalue weighted by Crippen LogP contribution is -2.36. The zero-order valence-electron chi connectivity index (χ0n) is 8.69. The Balaban J connectivity index is 2.13. The summed E-state index contributed by atoms with van der Waals surface area (Å²) >= 11 is 6.14. The SMILES string of the molecule is OCC1CCCN(c2ccccc2Cl)C1. The van der Waals surface area contributed by atoms with Crippen LogP contribution in [0.5, 0.6) is 0 Å². The molecule has 1 aliphatic heterocycles. The standard InChI is InChI=1S/C12H16ClNO/c13-11-5-1-2-6-12(11)14-7-3-4-10(8-14)9-15/h1-2,5-6,10,15H,3-4,7-9H2. The molecule has 0 amide bonds. The summed E-state index contributed by atoms with van der Waals surface area (Å²) in [5.41, 5.74) is 1.09. The fourth-order valence-electron chi connectivity index (χ4n) is 2.14. The minimum Gasteiger partial charge on any atom is -0.396 e. The van der Waals surface area contributed by atoms with E-state index < -0.39 is 0 Å². The van der Waals surface area contributed by atoms with Crippen molar-refractivity contribution in [2.24, 2.45) is 5.92 Å². The van der Waals surface area contributed by atoms with Crippen LogP contribution in [0.3, 0.4) is 0 Å². The van der Waals surface area contributed by atoms with Gasteiger partial charge in [-0.05, 0) is 30.9 Å². The van der Waals surface area contributed by atoms with Crippen LogP contribution in [-0.4, -0.2) is 24.8 Å². The van der Waals surface area contributed by atoms with E-state index in [0.29, 0.717) is 5.92 Å². The summed E-state index contributed by atoms with van der Waals surface area (Å²) < 4.78 is 0. The van der Waals surface area contributed by atoms with Crippen LogP contribution in [0, 0.1) is 5.92 Å². The Bertz CT molecular complexity index is 329. The molecule has 0 radical (unpaired) electrons. The van der Waals surface area contributed by atoms with Gasteiger partial charge in [-0.1, -0.05) is 23.7 Å². The molecule has 0 aromatic heterocycles. The van der Waals surface area contributed by atoms with Crippen molar-refractivity contribution in [3.63, 3.8) is 0 Å². The van der Waals surface area contributed by atoms with Crippen LogP contribution in [0.15, 0.2) is 24.3 Å². The van der Waals surface area contributed by atoms with E-state index in [0.717, 1.165) is 36.6 Å². The van der Waals surface area contributed by atoms with Crippen molar-refractivity contribution >= 4 is 17.3 Å². The summed E-state index contributed by atoms with van der Waals surface area (Å²) in [6, 6.07) is 7.91. The third kappa shape index (κ3) is 2.44. The molecule has 82 valence electrons. The van der Waals surface area contributed by atoms with E-state index in [1.54, 1.807) is 0 Å². The highest BCUT2D eigenvalue weighted by molar-refractivity contribution is 6.33. The molecule has 15 heavy (non-hydrogen) atoms. The van der Waals surface area contributed by atoms with Crippen LogP contribution in [0.4, 0.5) is 5.69 Å². The zero-order valence-corrected chi connectivity index (χ0v) is 9.45. The topological polar surface area (TPSA) is 23.5 Å². The maximum absolute atomic E-state index is 9.17. The largest absolute Gasteiger partial charge is 0.396 e. The molecule has 1 aromatic carbocycles. The average molecular weight is 226 g/mol. The second kappa shape index (κ2) is 4.86. The molecule has 1 aromatic rings. The van der Waals surface area contributed by atoms with E-state index in [4.69, 9.17) is 16.7 Å². The number of benzene rings is 1. The highest BCUT2D eigenvalue weighted by Crippen LogP contribution is 2.29. The number of nitrogens with zero attached hydrogens (tertiary/aromatic N) is 1. The van der Waals surface area contributed by atoms with Gasteiger partial charge in [-0.2, -0.15) is 0 Å². The van der Waals surface area contributed by atoms with E-state index in [-0.39, 0.29) is 6.61 Å². The molecule has 1 unspecified atom stereocenters. The van der Waals surface area contributed by atoms with Gasteiger partial charge in [0.1, 0.15) is 0 Å². The summed E-state index contributed by atoms with van der Waals surface area (Å²) in [6.07, 6.45) is 2.26. The number of rotatable bonds is 2. The van der Waals surface area contributed by atoms with Gasteiger partial charge < -0.3 is 10.0 Å². The van der Waals surface area contributed by atoms with Gasteiger partial charge in [-0.15, -0.1) is 0 Å². The fraction of sp³-hybridized carbons (Fsp3) is 0.500. The number of anilines is 1. The smallest absolute Gasteiger partial charge is 0.0639 e. The van der Waals surface area contributed by atoms with Gasteiger partial charge in [0.25, 0.3) is 0 Å². The molecule has 2 rings (SSSR count). The van der Waals surface area contributed by atoms with E-state index in [9.17, 15) is 0 Å². The molecular weight excluding hydrogens is 210 g/mol. The Kier molecular flexibility index (Phi) is 3.49. The second-order valence-corrected chi connectivity index (χ2v) is 4.50. The molecular formula is C12H16ClNO. The Hall–Kier alpha value is -0.730. The molecule has 1 saturated heterocycles. The molecule has 1 fully saturated rings. The van der Waals surface area contributed by atoms with Crippen molar-refractivity contribution in [3.8, 4) is 0 Å². The Labute approximate surface area is 95.5 Å². The van der Waals surface area contributed by atoms with Gasteiger partial charge >= 0.3 is 0 Å². The highest BCUT2D eigenvalue weighted by Gasteiger charge is 2.20. The zero-order chi connectivity index (χ0) is 10.7. The maximum Gasteiger partial charge on any atom is 0.0639 e. The molecule has 1 aliphatic rings. The summed E-state index contributed by atoms with van der Waals surface area (Å²) in [7, 11) is 0. The third-order valence-corrected chi connectivity index (χ3v) is 3.29. The highest BCUT2D eigenvalue weighted by atomic mass is 35.5. The monoisotopic (exact) mass is 225 g/mol. The summed E-state index contributed by atoms with van der Waals surface area (Å²) in [5, 5.41) is 9.97. The molecule has 1 atom stereocenters. The summed E-state index contributed by atoms with van der Waals surface area (Å²) in [6.45, 7) is 2.24. The van der Waals surface area contributed by atoms with Crippen molar-refractivity contribution < 1.29 is 5.11 Å². The van der Waals surface area contributed by atoms with Gasteiger partial charge in [0.05, 0.1) is 10.7 Å². The molecule has 2 nitrogen and oxygen atoms in total. The number of halogens is 1. The van der Waals surface area contributed by atoms with E-state index in [1.165, 1.54) is 0 Å². The van der Waals surface area contributed by atoms with Crippen LogP contribution in [0.25, 0.3) is 0 Å². The lowest BCUT2D eigenvalue weighted by Gasteiger charge is -2.34. The summed E-state index contributed by atoms with van der Waals surface area (Å²) in [4.78, 5) is 2.27. The first-order valence-electron chi connectivity index (χ1n) is 5.41. The van der Waals surface area contributed by atoms with E-state index >= 15 is 0 Å². The lowest BCUT2D eigenvalue weighted by molar-refractivity contribution is 0.209. The van der Waals surface area contributed by atoms with E-state index in [1.807, 2.05) is 24.3 Å². The number of aliphatic hydroxyl groups excluding tert-OH is 1. The first-order valence-corrected chi connectivity index (χ1v) is 5.79. The fourth-order valence-corrected chi connectivity index (χ4v) is 2.40. The predicted octanol–water partition coefficient (Wildman–Crippen LogP) is 2.55. The molecule has 0 bridgehead atoms. The number of aliphatic hydroxyl groups is 1. The Morgan fingerprint density at radius 1 is 1.40 bits per heavy atom. The number of para-hydroxylation sites is 1. The number of piperidine rings is 1. The minimum atomic E-state index is 0.279. The van der Waals surface area contributed by atoms with Crippen molar-refractivity contribution in [1.82, 2.24) is 0 Å². The van der Waals surface area contributed by atoms with E-state index in [2.05, 4.69) is 4.90 Å². The molecule has 0 spiro atoms. The average Bonchev–Trinajstić information content (AvgIpc) is 2.30. The van der Waals surface area contributed by atoms with Crippen molar-refractivity contribution in [2.75, 3.05) is 24.6 Å². The first-order chi connectivity index (χ1) is 7.31. The van der Waals surface area contributed by atoms with Crippen LogP contribution in [-0.2, 0) is 0 Å². The molecule has 1 heterocycles. The van der Waals surface area contributed by atoms with Crippen LogP contribution in [0.2, 0.25) is 5.02 Å². The van der Waals surface area contributed by atoms with Crippen molar-refractivity contribution in [3.05, 3.63) is 29.3 Å². The number of hydrogen-bond acceptors (Lipinski definition) is 2. The molecule has 0 saturated carbocycles. The Morgan fingerprint density at radius 2 is 2.20 bits per heavy atom. The molecule has 0 aliphatic carbocycles. The first kappa shape index (κ1) is 10.8. The molecule has 1 N–H and O–H groups in total. The van der Waals surface area contributed by atoms with Gasteiger partial charge in [0, 0.05) is 19.7 Å². The lowest BCUT2D eigenvalue weighted by atomic mass is 9.98. The Morgan fingerprint density at radius 3 is 2.93 bits per heavy atom. The summed E-state index contributed by atoms with van der Waals surface area (Å²) in [5.74, 6) is 0.398. The van der Waals surface area contributed by atoms with Gasteiger partial charge in [-0.3, -0.25) is 0 Å². The predicted molar refractivity (Wildman–Crippen MR) is 63.5 cm³/mol. The van der Waals surface area contributed by atoms with Crippen molar-refractivity contribution in [1.29, 1.82) is 0 Å². The second-order valence-electron chi connectivity index (χ2n) is 4.09. The quantitative estimate of drug-likeness (QED) is 0.836. The van der Waals surface area contributed by atoms with Gasteiger partial charge in [0.2, 0.25) is 0 Å². The van der Waals surface area contributed by atoms with Crippen molar-refractivity contribution in [2.45, 2.75) is 12.8 Å². The molecule has 3 heteroatoms. The normalized spacial score (nSPS) is 21.7. The van der Waals surface area contributed by atoms with Crippen LogP contribution in [0.1, 0.15) is 12.8 Å². The van der Waals surface area contributed by atoms with Crippen LogP contribution < -0.4 is 4.90 Å². The minimum absolute atomic E-state index is 0.279. The third-order valence-electron chi connectivity index (χ3n) is 2.97. The van der Waals surface area contributed by atoms with Gasteiger partial charge in [-0.25, -0.2) is 0 Å².